The van der Waals surface area contributed by atoms with Gasteiger partial charge in [-0.05, 0) is 43.4 Å². The molecule has 0 bridgehead atoms. The second kappa shape index (κ2) is 4.77. The maximum Gasteiger partial charge on any atom is 0.237 e. The predicted molar refractivity (Wildman–Crippen MR) is 75.6 cm³/mol. The van der Waals surface area contributed by atoms with Crippen molar-refractivity contribution in [3.8, 4) is 5.75 Å². The Morgan fingerprint density at radius 1 is 1.20 bits per heavy atom. The van der Waals surface area contributed by atoms with Crippen LogP contribution in [0.4, 0.5) is 5.69 Å². The highest BCUT2D eigenvalue weighted by molar-refractivity contribution is 6.31. The molecule has 1 saturated heterocycles. The zero-order valence-electron chi connectivity index (χ0n) is 11.2. The fourth-order valence-electron chi connectivity index (χ4n) is 3.30. The van der Waals surface area contributed by atoms with E-state index in [0.29, 0.717) is 10.9 Å². The quantitative estimate of drug-likeness (QED) is 0.810. The number of phenolic OH excluding ortho intramolecular Hbond substituents is 1. The second-order valence-corrected chi connectivity index (χ2v) is 6.21. The van der Waals surface area contributed by atoms with E-state index in [1.54, 1.807) is 0 Å². The molecule has 0 aromatic heterocycles. The van der Waals surface area contributed by atoms with Crippen molar-refractivity contribution in [2.24, 2.45) is 17.8 Å². The summed E-state index contributed by atoms with van der Waals surface area (Å²) in [6.45, 7) is 2.10. The third-order valence-corrected chi connectivity index (χ3v) is 4.60. The Morgan fingerprint density at radius 2 is 1.90 bits per heavy atom. The number of amides is 2. The highest BCUT2D eigenvalue weighted by Crippen LogP contribution is 2.44. The molecule has 1 N–H and O–H groups in total. The first kappa shape index (κ1) is 13.4. The SMILES string of the molecule is C[C@@H]1CC[C@@H]2C(=O)N(c3cc(Cl)ccc3O)C(=O)[C@H]2C1. The lowest BCUT2D eigenvalue weighted by Gasteiger charge is -2.25. The lowest BCUT2D eigenvalue weighted by atomic mass is 9.76. The number of phenols is 1. The summed E-state index contributed by atoms with van der Waals surface area (Å²) in [6.07, 6.45) is 2.46. The van der Waals surface area contributed by atoms with Gasteiger partial charge in [-0.25, -0.2) is 4.90 Å². The molecule has 2 amide bonds. The Labute approximate surface area is 122 Å². The number of benzene rings is 1. The summed E-state index contributed by atoms with van der Waals surface area (Å²) < 4.78 is 0. The van der Waals surface area contributed by atoms with Crippen LogP contribution in [0.1, 0.15) is 26.2 Å². The molecule has 0 unspecified atom stereocenters. The summed E-state index contributed by atoms with van der Waals surface area (Å²) >= 11 is 5.91. The Hall–Kier alpha value is -1.55. The fraction of sp³-hybridized carbons (Fsp3) is 0.467. The van der Waals surface area contributed by atoms with Crippen molar-refractivity contribution < 1.29 is 14.7 Å². The van der Waals surface area contributed by atoms with E-state index in [1.165, 1.54) is 18.2 Å². The number of fused-ring (bicyclic) bond motifs is 1. The molecule has 3 rings (SSSR count). The third kappa shape index (κ3) is 1.99. The second-order valence-electron chi connectivity index (χ2n) is 5.78. The maximum atomic E-state index is 12.5. The normalized spacial score (nSPS) is 29.7. The average Bonchev–Trinajstić information content (AvgIpc) is 2.65. The van der Waals surface area contributed by atoms with Gasteiger partial charge in [-0.1, -0.05) is 18.5 Å². The lowest BCUT2D eigenvalue weighted by molar-refractivity contribution is -0.122. The fourth-order valence-corrected chi connectivity index (χ4v) is 3.47. The molecule has 4 nitrogen and oxygen atoms in total. The first-order valence-electron chi connectivity index (χ1n) is 6.85. The van der Waals surface area contributed by atoms with Crippen LogP contribution in [0, 0.1) is 17.8 Å². The largest absolute Gasteiger partial charge is 0.506 e. The molecule has 1 aromatic rings. The van der Waals surface area contributed by atoms with E-state index in [1.807, 2.05) is 0 Å². The van der Waals surface area contributed by atoms with Crippen LogP contribution < -0.4 is 4.90 Å². The van der Waals surface area contributed by atoms with Gasteiger partial charge in [0.2, 0.25) is 11.8 Å². The minimum absolute atomic E-state index is 0.0946. The molecule has 3 atom stereocenters. The van der Waals surface area contributed by atoms with Crippen LogP contribution in [0.5, 0.6) is 5.75 Å². The van der Waals surface area contributed by atoms with Crippen LogP contribution in [0.2, 0.25) is 5.02 Å². The number of anilines is 1. The van der Waals surface area contributed by atoms with Gasteiger partial charge in [-0.3, -0.25) is 9.59 Å². The van der Waals surface area contributed by atoms with Gasteiger partial charge in [-0.2, -0.15) is 0 Å². The number of imide groups is 1. The van der Waals surface area contributed by atoms with Gasteiger partial charge < -0.3 is 5.11 Å². The van der Waals surface area contributed by atoms with Crippen molar-refractivity contribution in [1.29, 1.82) is 0 Å². The Balaban J connectivity index is 2.00. The van der Waals surface area contributed by atoms with Gasteiger partial charge in [0.1, 0.15) is 5.75 Å². The van der Waals surface area contributed by atoms with Gasteiger partial charge in [0, 0.05) is 5.02 Å². The third-order valence-electron chi connectivity index (χ3n) is 4.37. The summed E-state index contributed by atoms with van der Waals surface area (Å²) in [6, 6.07) is 4.40. The molecule has 20 heavy (non-hydrogen) atoms. The van der Waals surface area contributed by atoms with Gasteiger partial charge in [0.15, 0.2) is 0 Å². The summed E-state index contributed by atoms with van der Waals surface area (Å²) in [5.41, 5.74) is 0.203. The Bertz CT molecular complexity index is 586. The molecular weight excluding hydrogens is 278 g/mol. The standard InChI is InChI=1S/C15H16ClNO3/c1-8-2-4-10-11(6-8)15(20)17(14(10)19)12-7-9(16)3-5-13(12)18/h3,5,7-8,10-11,18H,2,4,6H2,1H3/t8-,10+,11+/m1/s1. The van der Waals surface area contributed by atoms with E-state index in [4.69, 9.17) is 11.6 Å². The number of nitrogens with zero attached hydrogens (tertiary/aromatic N) is 1. The Kier molecular flexibility index (Phi) is 3.21. The smallest absolute Gasteiger partial charge is 0.237 e. The predicted octanol–water partition coefficient (Wildman–Crippen LogP) is 2.97. The zero-order valence-corrected chi connectivity index (χ0v) is 11.9. The topological polar surface area (TPSA) is 57.6 Å². The number of carbonyl (C=O) groups is 2. The molecule has 1 aromatic carbocycles. The monoisotopic (exact) mass is 293 g/mol. The van der Waals surface area contributed by atoms with Crippen molar-refractivity contribution >= 4 is 29.1 Å². The number of hydrogen-bond donors (Lipinski definition) is 1. The van der Waals surface area contributed by atoms with Crippen molar-refractivity contribution in [1.82, 2.24) is 0 Å². The van der Waals surface area contributed by atoms with Gasteiger partial charge in [0.05, 0.1) is 17.5 Å². The van der Waals surface area contributed by atoms with E-state index >= 15 is 0 Å². The molecule has 106 valence electrons. The van der Waals surface area contributed by atoms with E-state index in [0.717, 1.165) is 24.2 Å². The molecule has 1 aliphatic carbocycles. The van der Waals surface area contributed by atoms with Crippen LogP contribution in [0.25, 0.3) is 0 Å². The first-order valence-corrected chi connectivity index (χ1v) is 7.23. The van der Waals surface area contributed by atoms with Crippen LogP contribution >= 0.6 is 11.6 Å². The van der Waals surface area contributed by atoms with E-state index in [2.05, 4.69) is 6.92 Å². The van der Waals surface area contributed by atoms with E-state index in [9.17, 15) is 14.7 Å². The van der Waals surface area contributed by atoms with Gasteiger partial charge in [0.25, 0.3) is 0 Å². The maximum absolute atomic E-state index is 12.5. The lowest BCUT2D eigenvalue weighted by Crippen LogP contribution is -2.30. The van der Waals surface area contributed by atoms with Crippen LogP contribution in [0.15, 0.2) is 18.2 Å². The van der Waals surface area contributed by atoms with E-state index in [-0.39, 0.29) is 35.1 Å². The molecule has 1 saturated carbocycles. The number of aromatic hydroxyl groups is 1. The number of rotatable bonds is 1. The molecule has 1 aliphatic heterocycles. The van der Waals surface area contributed by atoms with Crippen LogP contribution in [-0.2, 0) is 9.59 Å². The van der Waals surface area contributed by atoms with Crippen LogP contribution in [-0.4, -0.2) is 16.9 Å². The van der Waals surface area contributed by atoms with Crippen molar-refractivity contribution in [2.45, 2.75) is 26.2 Å². The number of halogens is 1. The Morgan fingerprint density at radius 3 is 2.65 bits per heavy atom. The van der Waals surface area contributed by atoms with Gasteiger partial charge >= 0.3 is 0 Å². The zero-order chi connectivity index (χ0) is 14.4. The highest BCUT2D eigenvalue weighted by Gasteiger charge is 2.50. The average molecular weight is 294 g/mol. The summed E-state index contributed by atoms with van der Waals surface area (Å²) in [7, 11) is 0. The molecule has 1 heterocycles. The number of carbonyl (C=O) groups excluding carboxylic acids is 2. The van der Waals surface area contributed by atoms with Crippen molar-refractivity contribution in [3.63, 3.8) is 0 Å². The van der Waals surface area contributed by atoms with E-state index < -0.39 is 0 Å². The molecule has 5 heteroatoms. The molecule has 2 fully saturated rings. The molecule has 0 radical (unpaired) electrons. The molecule has 2 aliphatic rings. The minimum atomic E-state index is -0.246. The van der Waals surface area contributed by atoms with Crippen molar-refractivity contribution in [2.75, 3.05) is 4.90 Å². The molecular formula is C15H16ClNO3. The van der Waals surface area contributed by atoms with Gasteiger partial charge in [-0.15, -0.1) is 0 Å². The minimum Gasteiger partial charge on any atom is -0.506 e. The summed E-state index contributed by atoms with van der Waals surface area (Å²) in [5, 5.41) is 10.3. The summed E-state index contributed by atoms with van der Waals surface area (Å²) in [4.78, 5) is 26.1. The van der Waals surface area contributed by atoms with Crippen molar-refractivity contribution in [3.05, 3.63) is 23.2 Å². The number of hydrogen-bond acceptors (Lipinski definition) is 3. The first-order chi connectivity index (χ1) is 9.49. The summed E-state index contributed by atoms with van der Waals surface area (Å²) in [5.74, 6) is -0.529. The highest BCUT2D eigenvalue weighted by atomic mass is 35.5. The van der Waals surface area contributed by atoms with Crippen LogP contribution in [0.3, 0.4) is 0 Å². The molecule has 0 spiro atoms.